The third kappa shape index (κ3) is 2.62. The van der Waals surface area contributed by atoms with Crippen molar-refractivity contribution in [1.82, 2.24) is 19.6 Å². The lowest BCUT2D eigenvalue weighted by Crippen LogP contribution is -2.41. The highest BCUT2D eigenvalue weighted by molar-refractivity contribution is 5.92. The molecule has 24 heavy (non-hydrogen) atoms. The molecule has 2 aromatic heterocycles. The summed E-state index contributed by atoms with van der Waals surface area (Å²) in [5, 5.41) is 3.98. The average molecular weight is 330 g/mol. The van der Waals surface area contributed by atoms with Gasteiger partial charge in [-0.15, -0.1) is 0 Å². The number of imidazole rings is 1. The van der Waals surface area contributed by atoms with Gasteiger partial charge in [-0.05, 0) is 26.7 Å². The summed E-state index contributed by atoms with van der Waals surface area (Å²) in [5.41, 5.74) is 1.46. The van der Waals surface area contributed by atoms with Crippen molar-refractivity contribution < 1.29 is 14.1 Å². The first-order chi connectivity index (χ1) is 11.7. The number of rotatable bonds is 5. The SMILES string of the molecule is CCOCc1cnc2n1CCN(C(=O)c1cc(C3CC3)on1)[C@H]2C. The number of hydrogen-bond donors (Lipinski definition) is 0. The maximum Gasteiger partial charge on any atom is 0.276 e. The number of ether oxygens (including phenoxy) is 1. The van der Waals surface area contributed by atoms with Gasteiger partial charge in [0, 0.05) is 31.7 Å². The fraction of sp³-hybridized carbons (Fsp3) is 0.588. The van der Waals surface area contributed by atoms with Crippen molar-refractivity contribution in [1.29, 1.82) is 0 Å². The van der Waals surface area contributed by atoms with E-state index in [4.69, 9.17) is 9.26 Å². The third-order valence-electron chi connectivity index (χ3n) is 4.82. The lowest BCUT2D eigenvalue weighted by atomic mass is 10.1. The van der Waals surface area contributed by atoms with E-state index in [0.717, 1.165) is 36.7 Å². The van der Waals surface area contributed by atoms with Gasteiger partial charge in [-0.1, -0.05) is 5.16 Å². The minimum atomic E-state index is -0.0947. The fourth-order valence-electron chi connectivity index (χ4n) is 3.26. The van der Waals surface area contributed by atoms with Gasteiger partial charge >= 0.3 is 0 Å². The Labute approximate surface area is 140 Å². The molecule has 1 saturated carbocycles. The van der Waals surface area contributed by atoms with E-state index in [0.29, 0.717) is 31.4 Å². The molecule has 1 aliphatic carbocycles. The number of nitrogens with zero attached hydrogens (tertiary/aromatic N) is 4. The van der Waals surface area contributed by atoms with Crippen LogP contribution in [0.2, 0.25) is 0 Å². The Morgan fingerprint density at radius 2 is 2.25 bits per heavy atom. The van der Waals surface area contributed by atoms with E-state index in [-0.39, 0.29) is 11.9 Å². The molecule has 1 fully saturated rings. The maximum atomic E-state index is 12.8. The Balaban J connectivity index is 1.52. The minimum Gasteiger partial charge on any atom is -0.375 e. The van der Waals surface area contributed by atoms with Crippen molar-refractivity contribution >= 4 is 5.91 Å². The van der Waals surface area contributed by atoms with Crippen LogP contribution in [-0.4, -0.2) is 38.7 Å². The van der Waals surface area contributed by atoms with Crippen LogP contribution in [0.15, 0.2) is 16.8 Å². The van der Waals surface area contributed by atoms with Gasteiger partial charge in [0.1, 0.15) is 11.6 Å². The predicted molar refractivity (Wildman–Crippen MR) is 85.5 cm³/mol. The van der Waals surface area contributed by atoms with Crippen LogP contribution in [0.1, 0.15) is 66.4 Å². The van der Waals surface area contributed by atoms with E-state index in [1.165, 1.54) is 0 Å². The van der Waals surface area contributed by atoms with Crippen molar-refractivity contribution in [2.24, 2.45) is 0 Å². The van der Waals surface area contributed by atoms with Crippen LogP contribution in [0.5, 0.6) is 0 Å². The number of carbonyl (C=O) groups is 1. The molecule has 7 nitrogen and oxygen atoms in total. The first-order valence-corrected chi connectivity index (χ1v) is 8.58. The summed E-state index contributed by atoms with van der Waals surface area (Å²) >= 11 is 0. The zero-order chi connectivity index (χ0) is 16.7. The maximum absolute atomic E-state index is 12.8. The molecular formula is C17H22N4O3. The lowest BCUT2D eigenvalue weighted by Gasteiger charge is -2.33. The molecule has 7 heteroatoms. The van der Waals surface area contributed by atoms with Crippen LogP contribution < -0.4 is 0 Å². The van der Waals surface area contributed by atoms with E-state index < -0.39 is 0 Å². The molecule has 1 aliphatic heterocycles. The molecule has 0 unspecified atom stereocenters. The molecule has 0 aromatic carbocycles. The zero-order valence-electron chi connectivity index (χ0n) is 14.1. The Hall–Kier alpha value is -2.15. The van der Waals surface area contributed by atoms with Gasteiger partial charge in [-0.25, -0.2) is 4.98 Å². The Bertz CT molecular complexity index is 747. The number of fused-ring (bicyclic) bond motifs is 1. The highest BCUT2D eigenvalue weighted by Gasteiger charge is 2.34. The van der Waals surface area contributed by atoms with Crippen LogP contribution in [-0.2, 0) is 17.9 Å². The molecule has 2 aliphatic rings. The summed E-state index contributed by atoms with van der Waals surface area (Å²) in [6.07, 6.45) is 4.10. The van der Waals surface area contributed by atoms with E-state index in [1.54, 1.807) is 6.07 Å². The largest absolute Gasteiger partial charge is 0.375 e. The monoisotopic (exact) mass is 330 g/mol. The Kier molecular flexibility index (Phi) is 3.88. The minimum absolute atomic E-state index is 0.0845. The second-order valence-electron chi connectivity index (χ2n) is 6.46. The molecular weight excluding hydrogens is 308 g/mol. The molecule has 1 atom stereocenters. The molecule has 3 heterocycles. The Morgan fingerprint density at radius 1 is 1.42 bits per heavy atom. The predicted octanol–water partition coefficient (Wildman–Crippen LogP) is 2.50. The molecule has 1 amide bonds. The van der Waals surface area contributed by atoms with Crippen molar-refractivity contribution in [2.75, 3.05) is 13.2 Å². The van der Waals surface area contributed by atoms with Gasteiger partial charge in [0.15, 0.2) is 5.69 Å². The van der Waals surface area contributed by atoms with Crippen LogP contribution in [0.25, 0.3) is 0 Å². The molecule has 128 valence electrons. The number of hydrogen-bond acceptors (Lipinski definition) is 5. The first-order valence-electron chi connectivity index (χ1n) is 8.58. The van der Waals surface area contributed by atoms with Gasteiger partial charge in [-0.3, -0.25) is 4.79 Å². The van der Waals surface area contributed by atoms with E-state index in [9.17, 15) is 4.79 Å². The second kappa shape index (κ2) is 6.05. The molecule has 0 N–H and O–H groups in total. The standard InChI is InChI=1S/C17H22N4O3/c1-3-23-10-13-9-18-16-11(2)20(6-7-21(13)16)17(22)14-8-15(24-19-14)12-4-5-12/h8-9,11-12H,3-7,10H2,1-2H3/t11-/m0/s1. The molecule has 2 aromatic rings. The topological polar surface area (TPSA) is 73.4 Å². The molecule has 4 rings (SSSR count). The van der Waals surface area contributed by atoms with Crippen LogP contribution in [0.3, 0.4) is 0 Å². The van der Waals surface area contributed by atoms with Gasteiger partial charge in [0.2, 0.25) is 0 Å². The molecule has 0 radical (unpaired) electrons. The summed E-state index contributed by atoms with van der Waals surface area (Å²) in [5.74, 6) is 2.11. The third-order valence-corrected chi connectivity index (χ3v) is 4.82. The normalized spacial score (nSPS) is 20.2. The van der Waals surface area contributed by atoms with Crippen LogP contribution in [0.4, 0.5) is 0 Å². The highest BCUT2D eigenvalue weighted by atomic mass is 16.5. The fourth-order valence-corrected chi connectivity index (χ4v) is 3.26. The summed E-state index contributed by atoms with van der Waals surface area (Å²) in [4.78, 5) is 19.1. The lowest BCUT2D eigenvalue weighted by molar-refractivity contribution is 0.0619. The summed E-state index contributed by atoms with van der Waals surface area (Å²) < 4.78 is 13.0. The van der Waals surface area contributed by atoms with Crippen molar-refractivity contribution in [3.63, 3.8) is 0 Å². The summed E-state index contributed by atoms with van der Waals surface area (Å²) in [6, 6.07) is 1.71. The highest BCUT2D eigenvalue weighted by Crippen LogP contribution is 2.40. The van der Waals surface area contributed by atoms with Crippen molar-refractivity contribution in [3.8, 4) is 0 Å². The number of amides is 1. The van der Waals surface area contributed by atoms with Gasteiger partial charge in [0.25, 0.3) is 5.91 Å². The quantitative estimate of drug-likeness (QED) is 0.842. The number of carbonyl (C=O) groups excluding carboxylic acids is 1. The first kappa shape index (κ1) is 15.4. The van der Waals surface area contributed by atoms with Gasteiger partial charge < -0.3 is 18.7 Å². The average Bonchev–Trinajstić information content (AvgIpc) is 3.17. The Morgan fingerprint density at radius 3 is 3.00 bits per heavy atom. The van der Waals surface area contributed by atoms with E-state index in [1.807, 2.05) is 24.9 Å². The second-order valence-corrected chi connectivity index (χ2v) is 6.46. The van der Waals surface area contributed by atoms with Gasteiger partial charge in [-0.2, -0.15) is 0 Å². The van der Waals surface area contributed by atoms with Crippen LogP contribution >= 0.6 is 0 Å². The number of aromatic nitrogens is 3. The van der Waals surface area contributed by atoms with Gasteiger partial charge in [0.05, 0.1) is 24.5 Å². The molecule has 0 saturated heterocycles. The zero-order valence-corrected chi connectivity index (χ0v) is 14.1. The van der Waals surface area contributed by atoms with Crippen LogP contribution in [0, 0.1) is 0 Å². The summed E-state index contributed by atoms with van der Waals surface area (Å²) in [6.45, 7) is 6.57. The van der Waals surface area contributed by atoms with E-state index in [2.05, 4.69) is 14.7 Å². The van der Waals surface area contributed by atoms with Crippen molar-refractivity contribution in [3.05, 3.63) is 35.2 Å². The summed E-state index contributed by atoms with van der Waals surface area (Å²) in [7, 11) is 0. The van der Waals surface area contributed by atoms with Crippen molar-refractivity contribution in [2.45, 2.75) is 51.8 Å². The molecule has 0 spiro atoms. The smallest absolute Gasteiger partial charge is 0.276 e. The molecule has 0 bridgehead atoms. The van der Waals surface area contributed by atoms with E-state index >= 15 is 0 Å².